The highest BCUT2D eigenvalue weighted by molar-refractivity contribution is 5.36. The standard InChI is InChI=1S/C18H23N3O/c1-14-11-15(3-4-18(14)22-2)13-21-10-9-20-12-17(21)16-5-7-19-8-6-16/h3-8,11,17,20H,9-10,12-13H2,1-2H3. The molecule has 4 nitrogen and oxygen atoms in total. The Bertz CT molecular complexity index is 615. The summed E-state index contributed by atoms with van der Waals surface area (Å²) in [4.78, 5) is 6.66. The zero-order chi connectivity index (χ0) is 15.4. The zero-order valence-corrected chi connectivity index (χ0v) is 13.2. The average molecular weight is 297 g/mol. The highest BCUT2D eigenvalue weighted by Crippen LogP contribution is 2.25. The van der Waals surface area contributed by atoms with Gasteiger partial charge in [0.1, 0.15) is 5.75 Å². The quantitative estimate of drug-likeness (QED) is 0.941. The Kier molecular flexibility index (Phi) is 4.71. The van der Waals surface area contributed by atoms with Gasteiger partial charge >= 0.3 is 0 Å². The Morgan fingerprint density at radius 2 is 2.09 bits per heavy atom. The fourth-order valence-corrected chi connectivity index (χ4v) is 3.12. The van der Waals surface area contributed by atoms with Crippen LogP contribution in [-0.4, -0.2) is 36.6 Å². The lowest BCUT2D eigenvalue weighted by Gasteiger charge is -2.36. The van der Waals surface area contributed by atoms with Crippen molar-refractivity contribution in [2.75, 3.05) is 26.7 Å². The minimum Gasteiger partial charge on any atom is -0.496 e. The number of nitrogens with zero attached hydrogens (tertiary/aromatic N) is 2. The second-order valence-corrected chi connectivity index (χ2v) is 5.77. The molecule has 22 heavy (non-hydrogen) atoms. The predicted octanol–water partition coefficient (Wildman–Crippen LogP) is 2.55. The van der Waals surface area contributed by atoms with Crippen LogP contribution in [0, 0.1) is 6.92 Å². The van der Waals surface area contributed by atoms with Crippen LogP contribution >= 0.6 is 0 Å². The summed E-state index contributed by atoms with van der Waals surface area (Å²) in [6, 6.07) is 11.1. The van der Waals surface area contributed by atoms with E-state index < -0.39 is 0 Å². The monoisotopic (exact) mass is 297 g/mol. The maximum atomic E-state index is 5.35. The number of methoxy groups -OCH3 is 1. The van der Waals surface area contributed by atoms with E-state index in [-0.39, 0.29) is 0 Å². The summed E-state index contributed by atoms with van der Waals surface area (Å²) in [5.41, 5.74) is 3.85. The van der Waals surface area contributed by atoms with Gasteiger partial charge in [-0.25, -0.2) is 0 Å². The summed E-state index contributed by atoms with van der Waals surface area (Å²) in [7, 11) is 1.72. The maximum Gasteiger partial charge on any atom is 0.121 e. The van der Waals surface area contributed by atoms with Gasteiger partial charge in [0.05, 0.1) is 7.11 Å². The predicted molar refractivity (Wildman–Crippen MR) is 88.0 cm³/mol. The second kappa shape index (κ2) is 6.90. The second-order valence-electron chi connectivity index (χ2n) is 5.77. The lowest BCUT2D eigenvalue weighted by atomic mass is 10.0. The summed E-state index contributed by atoms with van der Waals surface area (Å²) in [6.07, 6.45) is 3.75. The summed E-state index contributed by atoms with van der Waals surface area (Å²) < 4.78 is 5.35. The highest BCUT2D eigenvalue weighted by Gasteiger charge is 2.23. The molecule has 4 heteroatoms. The van der Waals surface area contributed by atoms with E-state index in [0.717, 1.165) is 31.9 Å². The molecule has 0 aliphatic carbocycles. The Balaban J connectivity index is 1.78. The fourth-order valence-electron chi connectivity index (χ4n) is 3.12. The lowest BCUT2D eigenvalue weighted by Crippen LogP contribution is -2.45. The molecule has 0 radical (unpaired) electrons. The van der Waals surface area contributed by atoms with Gasteiger partial charge in [-0.15, -0.1) is 0 Å². The van der Waals surface area contributed by atoms with E-state index >= 15 is 0 Å². The Morgan fingerprint density at radius 3 is 2.82 bits per heavy atom. The van der Waals surface area contributed by atoms with Crippen molar-refractivity contribution in [3.8, 4) is 5.75 Å². The van der Waals surface area contributed by atoms with Crippen molar-refractivity contribution >= 4 is 0 Å². The van der Waals surface area contributed by atoms with Crippen LogP contribution in [0.25, 0.3) is 0 Å². The molecule has 1 aromatic heterocycles. The molecule has 1 atom stereocenters. The summed E-state index contributed by atoms with van der Waals surface area (Å²) in [6.45, 7) is 6.13. The maximum absolute atomic E-state index is 5.35. The first-order chi connectivity index (χ1) is 10.8. The molecular formula is C18H23N3O. The first kappa shape index (κ1) is 15.0. The minimum absolute atomic E-state index is 0.402. The molecular weight excluding hydrogens is 274 g/mol. The largest absolute Gasteiger partial charge is 0.496 e. The number of aromatic nitrogens is 1. The van der Waals surface area contributed by atoms with E-state index in [0.29, 0.717) is 6.04 Å². The van der Waals surface area contributed by atoms with Crippen LogP contribution in [0.15, 0.2) is 42.7 Å². The highest BCUT2D eigenvalue weighted by atomic mass is 16.5. The van der Waals surface area contributed by atoms with Crippen LogP contribution < -0.4 is 10.1 Å². The molecule has 0 saturated carbocycles. The third-order valence-corrected chi connectivity index (χ3v) is 4.29. The average Bonchev–Trinajstić information content (AvgIpc) is 2.56. The summed E-state index contributed by atoms with van der Waals surface area (Å²) in [5, 5.41) is 3.50. The first-order valence-electron chi connectivity index (χ1n) is 7.76. The Labute approximate surface area is 132 Å². The topological polar surface area (TPSA) is 37.4 Å². The molecule has 0 amide bonds. The molecule has 2 aromatic rings. The third-order valence-electron chi connectivity index (χ3n) is 4.29. The van der Waals surface area contributed by atoms with Crippen LogP contribution in [0.1, 0.15) is 22.7 Å². The molecule has 1 aromatic carbocycles. The van der Waals surface area contributed by atoms with Gasteiger partial charge in [0.15, 0.2) is 0 Å². The van der Waals surface area contributed by atoms with Gasteiger partial charge in [0, 0.05) is 44.6 Å². The molecule has 116 valence electrons. The number of hydrogen-bond acceptors (Lipinski definition) is 4. The molecule has 2 heterocycles. The number of piperazine rings is 1. The van der Waals surface area contributed by atoms with Gasteiger partial charge in [-0.05, 0) is 41.8 Å². The minimum atomic E-state index is 0.402. The first-order valence-corrected chi connectivity index (χ1v) is 7.76. The van der Waals surface area contributed by atoms with Crippen LogP contribution in [0.5, 0.6) is 5.75 Å². The van der Waals surface area contributed by atoms with E-state index in [9.17, 15) is 0 Å². The van der Waals surface area contributed by atoms with Crippen molar-refractivity contribution < 1.29 is 4.74 Å². The van der Waals surface area contributed by atoms with E-state index in [4.69, 9.17) is 4.74 Å². The molecule has 1 aliphatic heterocycles. The smallest absolute Gasteiger partial charge is 0.121 e. The van der Waals surface area contributed by atoms with Crippen LogP contribution in [0.2, 0.25) is 0 Å². The molecule has 1 aliphatic rings. The number of ether oxygens (including phenoxy) is 1. The molecule has 0 spiro atoms. The van der Waals surface area contributed by atoms with Gasteiger partial charge in [-0.1, -0.05) is 12.1 Å². The van der Waals surface area contributed by atoms with Crippen LogP contribution in [0.4, 0.5) is 0 Å². The number of benzene rings is 1. The van der Waals surface area contributed by atoms with Crippen LogP contribution in [-0.2, 0) is 6.54 Å². The van der Waals surface area contributed by atoms with E-state index in [1.165, 1.54) is 16.7 Å². The van der Waals surface area contributed by atoms with Crippen molar-refractivity contribution in [1.29, 1.82) is 0 Å². The van der Waals surface area contributed by atoms with E-state index in [2.05, 4.69) is 52.5 Å². The molecule has 1 N–H and O–H groups in total. The van der Waals surface area contributed by atoms with Gasteiger partial charge in [0.25, 0.3) is 0 Å². The molecule has 0 bridgehead atoms. The summed E-state index contributed by atoms with van der Waals surface area (Å²) >= 11 is 0. The number of hydrogen-bond donors (Lipinski definition) is 1. The molecule has 1 fully saturated rings. The number of nitrogens with one attached hydrogen (secondary N) is 1. The van der Waals surface area contributed by atoms with Gasteiger partial charge in [-0.2, -0.15) is 0 Å². The SMILES string of the molecule is COc1ccc(CN2CCNCC2c2ccncc2)cc1C. The summed E-state index contributed by atoms with van der Waals surface area (Å²) in [5.74, 6) is 0.953. The molecule has 3 rings (SSSR count). The Morgan fingerprint density at radius 1 is 1.27 bits per heavy atom. The van der Waals surface area contributed by atoms with Crippen molar-refractivity contribution in [2.45, 2.75) is 19.5 Å². The number of aryl methyl sites for hydroxylation is 1. The molecule has 1 saturated heterocycles. The third kappa shape index (κ3) is 3.29. The van der Waals surface area contributed by atoms with Gasteiger partial charge < -0.3 is 10.1 Å². The number of pyridine rings is 1. The van der Waals surface area contributed by atoms with Crippen molar-refractivity contribution in [1.82, 2.24) is 15.2 Å². The van der Waals surface area contributed by atoms with E-state index in [1.807, 2.05) is 12.4 Å². The van der Waals surface area contributed by atoms with Crippen molar-refractivity contribution in [3.63, 3.8) is 0 Å². The van der Waals surface area contributed by atoms with Crippen molar-refractivity contribution in [3.05, 3.63) is 59.4 Å². The van der Waals surface area contributed by atoms with Gasteiger partial charge in [-0.3, -0.25) is 9.88 Å². The zero-order valence-electron chi connectivity index (χ0n) is 13.2. The fraction of sp³-hybridized carbons (Fsp3) is 0.389. The van der Waals surface area contributed by atoms with E-state index in [1.54, 1.807) is 7.11 Å². The van der Waals surface area contributed by atoms with Crippen molar-refractivity contribution in [2.24, 2.45) is 0 Å². The van der Waals surface area contributed by atoms with Crippen LogP contribution in [0.3, 0.4) is 0 Å². The van der Waals surface area contributed by atoms with Gasteiger partial charge in [0.2, 0.25) is 0 Å². The number of rotatable bonds is 4. The lowest BCUT2D eigenvalue weighted by molar-refractivity contribution is 0.153. The normalized spacial score (nSPS) is 19.1. The molecule has 1 unspecified atom stereocenters. The Hall–Kier alpha value is -1.91.